The Balaban J connectivity index is 1.82. The Morgan fingerprint density at radius 3 is 2.84 bits per heavy atom. The van der Waals surface area contributed by atoms with Crippen LogP contribution in [0.3, 0.4) is 0 Å². The summed E-state index contributed by atoms with van der Waals surface area (Å²) in [7, 11) is 0. The fourth-order valence-electron chi connectivity index (χ4n) is 4.69. The lowest BCUT2D eigenvalue weighted by Gasteiger charge is -2.40. The molecule has 3 atom stereocenters. The lowest BCUT2D eigenvalue weighted by atomic mass is 9.64. The number of anilines is 1. The minimum Gasteiger partial charge on any atom is -0.458 e. The molecule has 124 valence electrons. The molecule has 3 aliphatic rings. The first kappa shape index (κ1) is 14.5. The third-order valence-electron chi connectivity index (χ3n) is 5.64. The minimum atomic E-state index is -0.277. The molecule has 4 nitrogen and oxygen atoms in total. The van der Waals surface area contributed by atoms with Crippen LogP contribution in [0.25, 0.3) is 0 Å². The molecule has 0 bridgehead atoms. The topological polar surface area (TPSA) is 76.2 Å². The van der Waals surface area contributed by atoms with Gasteiger partial charge in [-0.2, -0.15) is 0 Å². The molecule has 0 saturated carbocycles. The zero-order valence-electron chi connectivity index (χ0n) is 13.7. The van der Waals surface area contributed by atoms with E-state index in [1.165, 1.54) is 16.7 Å². The van der Waals surface area contributed by atoms with Crippen molar-refractivity contribution in [3.05, 3.63) is 76.4 Å². The molecule has 0 spiro atoms. The normalized spacial score (nSPS) is 26.6. The van der Waals surface area contributed by atoms with Gasteiger partial charge >= 0.3 is 5.97 Å². The van der Waals surface area contributed by atoms with E-state index >= 15 is 0 Å². The summed E-state index contributed by atoms with van der Waals surface area (Å²) in [5, 5.41) is 8.17. The van der Waals surface area contributed by atoms with Gasteiger partial charge in [-0.3, -0.25) is 0 Å². The number of rotatable bonds is 0. The highest BCUT2D eigenvalue weighted by Gasteiger charge is 2.46. The third kappa shape index (κ3) is 2.07. The molecule has 0 radical (unpaired) electrons. The maximum atomic E-state index is 12.7. The third-order valence-corrected chi connectivity index (χ3v) is 5.64. The Bertz CT molecular complexity index is 960. The summed E-state index contributed by atoms with van der Waals surface area (Å²) in [4.78, 5) is 12.7. The number of ether oxygens (including phenoxy) is 1. The molecule has 5 rings (SSSR count). The monoisotopic (exact) mass is 330 g/mol. The van der Waals surface area contributed by atoms with Crippen LogP contribution in [0.2, 0.25) is 0 Å². The van der Waals surface area contributed by atoms with Crippen molar-refractivity contribution in [1.82, 2.24) is 0 Å². The van der Waals surface area contributed by atoms with E-state index in [0.29, 0.717) is 17.7 Å². The number of carbonyl (C=O) groups is 1. The van der Waals surface area contributed by atoms with Gasteiger partial charge in [0, 0.05) is 29.7 Å². The fraction of sp³-hybridized carbons (Fsp3) is 0.238. The summed E-state index contributed by atoms with van der Waals surface area (Å²) in [5.41, 5.74) is 12.5. The molecule has 2 aliphatic carbocycles. The summed E-state index contributed by atoms with van der Waals surface area (Å²) in [6, 6.07) is 13.8. The van der Waals surface area contributed by atoms with Gasteiger partial charge in [0.05, 0.1) is 5.56 Å². The Morgan fingerprint density at radius 2 is 1.96 bits per heavy atom. The highest BCUT2D eigenvalue weighted by atomic mass is 16.5. The molecule has 2 aromatic carbocycles. The van der Waals surface area contributed by atoms with Crippen molar-refractivity contribution in [2.75, 3.05) is 5.73 Å². The molecule has 1 heterocycles. The van der Waals surface area contributed by atoms with E-state index in [2.05, 4.69) is 6.07 Å². The van der Waals surface area contributed by atoms with Gasteiger partial charge < -0.3 is 15.9 Å². The van der Waals surface area contributed by atoms with Crippen molar-refractivity contribution < 1.29 is 9.53 Å². The smallest absolute Gasteiger partial charge is 0.338 e. The van der Waals surface area contributed by atoms with Crippen molar-refractivity contribution in [3.63, 3.8) is 0 Å². The maximum absolute atomic E-state index is 12.7. The molecule has 1 aliphatic heterocycles. The predicted octanol–water partition coefficient (Wildman–Crippen LogP) is 3.46. The van der Waals surface area contributed by atoms with E-state index in [1.807, 2.05) is 42.5 Å². The molecule has 0 saturated heterocycles. The molecule has 0 aromatic heterocycles. The number of fused-ring (bicyclic) bond motifs is 4. The molecule has 3 unspecified atom stereocenters. The zero-order valence-corrected chi connectivity index (χ0v) is 13.7. The summed E-state index contributed by atoms with van der Waals surface area (Å²) in [6.45, 7) is 0. The summed E-state index contributed by atoms with van der Waals surface area (Å²) < 4.78 is 5.84. The fourth-order valence-corrected chi connectivity index (χ4v) is 4.69. The Labute approximate surface area is 145 Å². The molecule has 25 heavy (non-hydrogen) atoms. The van der Waals surface area contributed by atoms with Crippen LogP contribution in [0.5, 0.6) is 0 Å². The average molecular weight is 330 g/mol. The second kappa shape index (κ2) is 5.06. The predicted molar refractivity (Wildman–Crippen MR) is 96.0 cm³/mol. The van der Waals surface area contributed by atoms with Crippen LogP contribution < -0.4 is 5.73 Å². The number of nitrogen functional groups attached to an aromatic ring is 1. The van der Waals surface area contributed by atoms with Gasteiger partial charge in [-0.1, -0.05) is 29.8 Å². The minimum absolute atomic E-state index is 0.0661. The molecule has 3 N–H and O–H groups in total. The van der Waals surface area contributed by atoms with Gasteiger partial charge in [0.15, 0.2) is 0 Å². The largest absolute Gasteiger partial charge is 0.458 e. The van der Waals surface area contributed by atoms with Gasteiger partial charge in [0.2, 0.25) is 0 Å². The lowest BCUT2D eigenvalue weighted by Crippen LogP contribution is -2.38. The van der Waals surface area contributed by atoms with E-state index in [4.69, 9.17) is 15.9 Å². The highest BCUT2D eigenvalue weighted by molar-refractivity contribution is 5.97. The van der Waals surface area contributed by atoms with E-state index in [1.54, 1.807) is 0 Å². The number of allylic oxidation sites excluding steroid dienone is 1. The number of esters is 1. The Kier molecular flexibility index (Phi) is 2.93. The Morgan fingerprint density at radius 1 is 1.12 bits per heavy atom. The zero-order chi connectivity index (χ0) is 17.1. The van der Waals surface area contributed by atoms with E-state index in [0.717, 1.165) is 17.7 Å². The molecule has 2 aromatic rings. The number of nitrogens with one attached hydrogen (secondary N) is 1. The van der Waals surface area contributed by atoms with Crippen LogP contribution in [-0.2, 0) is 11.2 Å². The van der Waals surface area contributed by atoms with Crippen LogP contribution in [0.1, 0.15) is 39.4 Å². The maximum Gasteiger partial charge on any atom is 0.338 e. The van der Waals surface area contributed by atoms with Crippen LogP contribution in [0.4, 0.5) is 5.69 Å². The molecular formula is C21H18N2O2. The first-order valence-corrected chi connectivity index (χ1v) is 8.58. The second-order valence-corrected chi connectivity index (χ2v) is 7.12. The van der Waals surface area contributed by atoms with Crippen molar-refractivity contribution in [2.24, 2.45) is 5.92 Å². The van der Waals surface area contributed by atoms with E-state index in [9.17, 15) is 4.79 Å². The summed E-state index contributed by atoms with van der Waals surface area (Å²) >= 11 is 0. The highest BCUT2D eigenvalue weighted by Crippen LogP contribution is 2.50. The van der Waals surface area contributed by atoms with Crippen molar-refractivity contribution in [1.29, 1.82) is 5.41 Å². The summed E-state index contributed by atoms with van der Waals surface area (Å²) in [6.07, 6.45) is 2.94. The first-order valence-electron chi connectivity index (χ1n) is 8.58. The van der Waals surface area contributed by atoms with Crippen LogP contribution in [-0.4, -0.2) is 17.8 Å². The van der Waals surface area contributed by atoms with Gasteiger partial charge in [0.25, 0.3) is 0 Å². The van der Waals surface area contributed by atoms with Crippen LogP contribution >= 0.6 is 0 Å². The standard InChI is InChI=1S/C21H18N2O2/c22-13-5-6-15-11(8-13)7-12-9-14(23)10-18-19(12)20(15)16-3-1-2-4-17(16)21(24)25-18/h1-6,8-9,18-20,23H,7,10,22H2. The number of nitrogens with two attached hydrogens (primary N) is 1. The van der Waals surface area contributed by atoms with Gasteiger partial charge in [0.1, 0.15) is 6.10 Å². The lowest BCUT2D eigenvalue weighted by molar-refractivity contribution is 0.0205. The van der Waals surface area contributed by atoms with E-state index in [-0.39, 0.29) is 23.9 Å². The van der Waals surface area contributed by atoms with Gasteiger partial charge in [-0.15, -0.1) is 0 Å². The number of benzene rings is 2. The van der Waals surface area contributed by atoms with Gasteiger partial charge in [-0.25, -0.2) is 4.79 Å². The van der Waals surface area contributed by atoms with Crippen molar-refractivity contribution in [2.45, 2.75) is 24.9 Å². The second-order valence-electron chi connectivity index (χ2n) is 7.12. The van der Waals surface area contributed by atoms with Crippen molar-refractivity contribution >= 4 is 17.4 Å². The molecular weight excluding hydrogens is 312 g/mol. The Hall–Kier alpha value is -2.88. The average Bonchev–Trinajstić information content (AvgIpc) is 2.71. The van der Waals surface area contributed by atoms with Gasteiger partial charge in [-0.05, 0) is 47.4 Å². The quantitative estimate of drug-likeness (QED) is 0.574. The molecule has 0 fully saturated rings. The number of hydrogen-bond acceptors (Lipinski definition) is 4. The molecule has 4 heteroatoms. The SMILES string of the molecule is N=C1C=C2Cc3cc(N)ccc3C3c4ccccc4C(=O)OC(C1)C23. The van der Waals surface area contributed by atoms with E-state index < -0.39 is 0 Å². The number of hydrogen-bond donors (Lipinski definition) is 2. The molecule has 0 amide bonds. The van der Waals surface area contributed by atoms with Crippen LogP contribution in [0, 0.1) is 11.3 Å². The number of carbonyl (C=O) groups excluding carboxylic acids is 1. The van der Waals surface area contributed by atoms with Crippen LogP contribution in [0.15, 0.2) is 54.1 Å². The first-order chi connectivity index (χ1) is 12.1. The van der Waals surface area contributed by atoms with Crippen molar-refractivity contribution in [3.8, 4) is 0 Å². The summed E-state index contributed by atoms with van der Waals surface area (Å²) in [5.74, 6) is -0.116.